The van der Waals surface area contributed by atoms with Crippen LogP contribution in [0.4, 0.5) is 0 Å². The minimum absolute atomic E-state index is 0.0842. The van der Waals surface area contributed by atoms with Crippen molar-refractivity contribution in [3.8, 4) is 0 Å². The van der Waals surface area contributed by atoms with Crippen LogP contribution in [0, 0.1) is 0 Å². The first-order valence-corrected chi connectivity index (χ1v) is 7.98. The smallest absolute Gasteiger partial charge is 0.0644 e. The van der Waals surface area contributed by atoms with E-state index in [4.69, 9.17) is 9.47 Å². The molecule has 0 aromatic rings. The fourth-order valence-electron chi connectivity index (χ4n) is 2.16. The maximum atomic E-state index is 6.02. The van der Waals surface area contributed by atoms with Gasteiger partial charge in [0.2, 0.25) is 0 Å². The predicted molar refractivity (Wildman–Crippen MR) is 87.3 cm³/mol. The van der Waals surface area contributed by atoms with Crippen molar-refractivity contribution in [3.63, 3.8) is 0 Å². The molecule has 0 amide bonds. The van der Waals surface area contributed by atoms with E-state index in [1.165, 1.54) is 12.8 Å². The van der Waals surface area contributed by atoms with Crippen LogP contribution < -0.4 is 5.32 Å². The Hall–Kier alpha value is -0.120. The lowest BCUT2D eigenvalue weighted by molar-refractivity contribution is -0.0611. The van der Waals surface area contributed by atoms with Gasteiger partial charge in [-0.2, -0.15) is 0 Å². The van der Waals surface area contributed by atoms with Crippen LogP contribution in [-0.2, 0) is 9.47 Å². The van der Waals surface area contributed by atoms with E-state index in [1.807, 2.05) is 0 Å². The van der Waals surface area contributed by atoms with Gasteiger partial charge in [0.1, 0.15) is 0 Å². The van der Waals surface area contributed by atoms with Crippen molar-refractivity contribution in [1.29, 1.82) is 0 Å². The molecule has 0 saturated heterocycles. The van der Waals surface area contributed by atoms with Gasteiger partial charge in [-0.1, -0.05) is 13.3 Å². The Morgan fingerprint density at radius 3 is 1.95 bits per heavy atom. The van der Waals surface area contributed by atoms with Crippen molar-refractivity contribution in [2.24, 2.45) is 0 Å². The largest absolute Gasteiger partial charge is 0.379 e. The van der Waals surface area contributed by atoms with Gasteiger partial charge in [-0.3, -0.25) is 0 Å². The molecular formula is C17H37NO2. The summed E-state index contributed by atoms with van der Waals surface area (Å²) in [5.41, 5.74) is 0.0411. The first-order valence-electron chi connectivity index (χ1n) is 7.98. The Bertz CT molecular complexity index is 260. The summed E-state index contributed by atoms with van der Waals surface area (Å²) in [6.45, 7) is 17.0. The highest BCUT2D eigenvalue weighted by molar-refractivity contribution is 4.79. The lowest BCUT2D eigenvalue weighted by Gasteiger charge is -2.31. The van der Waals surface area contributed by atoms with Crippen molar-refractivity contribution in [1.82, 2.24) is 5.32 Å². The lowest BCUT2D eigenvalue weighted by atomic mass is 9.97. The van der Waals surface area contributed by atoms with Crippen LogP contribution in [0.5, 0.6) is 0 Å². The van der Waals surface area contributed by atoms with E-state index in [0.29, 0.717) is 0 Å². The molecule has 0 fully saturated rings. The number of methoxy groups -OCH3 is 1. The fourth-order valence-corrected chi connectivity index (χ4v) is 2.16. The van der Waals surface area contributed by atoms with Crippen LogP contribution in [0.2, 0.25) is 0 Å². The Morgan fingerprint density at radius 1 is 0.850 bits per heavy atom. The Labute approximate surface area is 126 Å². The number of rotatable bonds is 11. The van der Waals surface area contributed by atoms with Gasteiger partial charge < -0.3 is 14.8 Å². The van der Waals surface area contributed by atoms with Crippen LogP contribution in [0.15, 0.2) is 0 Å². The first kappa shape index (κ1) is 19.9. The van der Waals surface area contributed by atoms with Gasteiger partial charge in [0, 0.05) is 12.6 Å². The minimum atomic E-state index is -0.0998. The van der Waals surface area contributed by atoms with Gasteiger partial charge >= 0.3 is 0 Å². The van der Waals surface area contributed by atoms with Crippen LogP contribution in [-0.4, -0.2) is 37.0 Å². The second kappa shape index (κ2) is 8.35. The van der Waals surface area contributed by atoms with Crippen LogP contribution in [0.25, 0.3) is 0 Å². The molecule has 0 radical (unpaired) electrons. The predicted octanol–water partition coefficient (Wildman–Crippen LogP) is 4.16. The van der Waals surface area contributed by atoms with Crippen molar-refractivity contribution < 1.29 is 9.47 Å². The number of hydrogen-bond acceptors (Lipinski definition) is 3. The van der Waals surface area contributed by atoms with E-state index >= 15 is 0 Å². The second-order valence-corrected chi connectivity index (χ2v) is 7.63. The Morgan fingerprint density at radius 2 is 1.45 bits per heavy atom. The third kappa shape index (κ3) is 9.73. The maximum Gasteiger partial charge on any atom is 0.0644 e. The average molecular weight is 287 g/mol. The number of hydrogen-bond donors (Lipinski definition) is 1. The summed E-state index contributed by atoms with van der Waals surface area (Å²) in [5, 5.41) is 3.63. The van der Waals surface area contributed by atoms with Crippen molar-refractivity contribution >= 4 is 0 Å². The zero-order valence-corrected chi connectivity index (χ0v) is 15.1. The van der Waals surface area contributed by atoms with Crippen molar-refractivity contribution in [2.75, 3.05) is 20.3 Å². The molecule has 0 atom stereocenters. The van der Waals surface area contributed by atoms with E-state index < -0.39 is 0 Å². The van der Waals surface area contributed by atoms with E-state index in [1.54, 1.807) is 7.11 Å². The summed E-state index contributed by atoms with van der Waals surface area (Å²) >= 11 is 0. The molecule has 3 nitrogen and oxygen atoms in total. The summed E-state index contributed by atoms with van der Waals surface area (Å²) in [7, 11) is 1.75. The molecule has 0 heterocycles. The van der Waals surface area contributed by atoms with Crippen molar-refractivity contribution in [2.45, 2.75) is 90.9 Å². The zero-order valence-electron chi connectivity index (χ0n) is 15.1. The SMILES string of the molecule is CCCC(C)(C)NCCC(C)(C)OCCC(C)(C)OC. The summed E-state index contributed by atoms with van der Waals surface area (Å²) in [6, 6.07) is 0. The molecule has 0 unspecified atom stereocenters. The van der Waals surface area contributed by atoms with Crippen LogP contribution in [0.3, 0.4) is 0 Å². The molecule has 3 heteroatoms. The third-order valence-electron chi connectivity index (χ3n) is 3.96. The molecule has 0 aromatic carbocycles. The standard InChI is InChI=1S/C17H37NO2/c1-9-10-15(2,3)18-13-11-17(6,7)20-14-12-16(4,5)19-8/h18H,9-14H2,1-8H3. The number of ether oxygens (including phenoxy) is 2. The molecule has 0 aromatic heterocycles. The number of nitrogens with one attached hydrogen (secondary N) is 1. The van der Waals surface area contributed by atoms with E-state index in [2.05, 4.69) is 53.8 Å². The molecule has 0 aliphatic carbocycles. The summed E-state index contributed by atoms with van der Waals surface area (Å²) in [6.07, 6.45) is 4.36. The van der Waals surface area contributed by atoms with Gasteiger partial charge in [-0.15, -0.1) is 0 Å². The first-order chi connectivity index (χ1) is 9.04. The monoisotopic (exact) mass is 287 g/mol. The van der Waals surface area contributed by atoms with E-state index in [-0.39, 0.29) is 16.7 Å². The van der Waals surface area contributed by atoms with E-state index in [0.717, 1.165) is 26.0 Å². The van der Waals surface area contributed by atoms with Crippen LogP contribution >= 0.6 is 0 Å². The Balaban J connectivity index is 3.96. The third-order valence-corrected chi connectivity index (χ3v) is 3.96. The van der Waals surface area contributed by atoms with Gasteiger partial charge in [-0.25, -0.2) is 0 Å². The molecule has 122 valence electrons. The fraction of sp³-hybridized carbons (Fsp3) is 1.00. The van der Waals surface area contributed by atoms with E-state index in [9.17, 15) is 0 Å². The second-order valence-electron chi connectivity index (χ2n) is 7.63. The molecule has 0 spiro atoms. The molecule has 0 aliphatic rings. The molecule has 1 N–H and O–H groups in total. The Kier molecular flexibility index (Phi) is 8.30. The van der Waals surface area contributed by atoms with Gasteiger partial charge in [0.05, 0.1) is 17.8 Å². The summed E-state index contributed by atoms with van der Waals surface area (Å²) in [4.78, 5) is 0. The van der Waals surface area contributed by atoms with Gasteiger partial charge in [-0.05, 0) is 67.3 Å². The molecule has 20 heavy (non-hydrogen) atoms. The van der Waals surface area contributed by atoms with Crippen LogP contribution in [0.1, 0.15) is 74.1 Å². The molecule has 0 aliphatic heterocycles. The average Bonchev–Trinajstić information content (AvgIpc) is 2.27. The highest BCUT2D eigenvalue weighted by Crippen LogP contribution is 2.19. The zero-order chi connectivity index (χ0) is 15.9. The molecule has 0 bridgehead atoms. The van der Waals surface area contributed by atoms with Crippen molar-refractivity contribution in [3.05, 3.63) is 0 Å². The maximum absolute atomic E-state index is 6.02. The quantitative estimate of drug-likeness (QED) is 0.619. The topological polar surface area (TPSA) is 30.5 Å². The highest BCUT2D eigenvalue weighted by Gasteiger charge is 2.23. The normalized spacial score (nSPS) is 13.8. The van der Waals surface area contributed by atoms with Gasteiger partial charge in [0.15, 0.2) is 0 Å². The minimum Gasteiger partial charge on any atom is -0.379 e. The molecule has 0 saturated carbocycles. The molecule has 0 rings (SSSR count). The summed E-state index contributed by atoms with van der Waals surface area (Å²) in [5.74, 6) is 0. The highest BCUT2D eigenvalue weighted by atomic mass is 16.5. The summed E-state index contributed by atoms with van der Waals surface area (Å²) < 4.78 is 11.4. The lowest BCUT2D eigenvalue weighted by Crippen LogP contribution is -2.42. The molecular weight excluding hydrogens is 250 g/mol. The van der Waals surface area contributed by atoms with Gasteiger partial charge in [0.25, 0.3) is 0 Å².